The van der Waals surface area contributed by atoms with E-state index >= 15 is 0 Å². The largest absolute Gasteiger partial charge is 0.300 e. The van der Waals surface area contributed by atoms with Crippen molar-refractivity contribution in [2.24, 2.45) is 5.14 Å². The molecule has 76 valence electrons. The van der Waals surface area contributed by atoms with Gasteiger partial charge in [0, 0.05) is 19.0 Å². The number of nitrogens with two attached hydrogens (primary N) is 1. The van der Waals surface area contributed by atoms with E-state index in [1.54, 1.807) is 0 Å². The first-order valence-electron chi connectivity index (χ1n) is 4.20. The van der Waals surface area contributed by atoms with Gasteiger partial charge in [-0.2, -0.15) is 12.7 Å². The van der Waals surface area contributed by atoms with Crippen LogP contribution in [0.4, 0.5) is 0 Å². The van der Waals surface area contributed by atoms with Crippen LogP contribution in [0.3, 0.4) is 0 Å². The lowest BCUT2D eigenvalue weighted by Gasteiger charge is -2.20. The van der Waals surface area contributed by atoms with Crippen LogP contribution in [0, 0.1) is 0 Å². The van der Waals surface area contributed by atoms with Crippen LogP contribution in [-0.2, 0) is 15.0 Å². The number of rotatable bonds is 3. The van der Waals surface area contributed by atoms with Crippen molar-refractivity contribution in [3.8, 4) is 0 Å². The summed E-state index contributed by atoms with van der Waals surface area (Å²) in [7, 11) is -3.62. The van der Waals surface area contributed by atoms with E-state index in [4.69, 9.17) is 5.14 Å². The van der Waals surface area contributed by atoms with Gasteiger partial charge in [-0.15, -0.1) is 0 Å². The molecule has 0 saturated carbocycles. The van der Waals surface area contributed by atoms with Crippen LogP contribution >= 0.6 is 0 Å². The third kappa shape index (κ3) is 2.75. The molecule has 0 aliphatic carbocycles. The topological polar surface area (TPSA) is 80.5 Å². The first-order valence-corrected chi connectivity index (χ1v) is 5.70. The van der Waals surface area contributed by atoms with Crippen molar-refractivity contribution in [1.29, 1.82) is 0 Å². The summed E-state index contributed by atoms with van der Waals surface area (Å²) in [6.45, 7) is 1.90. The SMILES string of the molecule is CC(=O)CC1CCCN1S(N)(=O)=O. The van der Waals surface area contributed by atoms with Crippen molar-refractivity contribution < 1.29 is 13.2 Å². The molecule has 0 aromatic heterocycles. The van der Waals surface area contributed by atoms with Gasteiger partial charge in [0.1, 0.15) is 5.78 Å². The second-order valence-corrected chi connectivity index (χ2v) is 4.86. The average Bonchev–Trinajstić information content (AvgIpc) is 2.31. The second-order valence-electron chi connectivity index (χ2n) is 3.36. The number of hydrogen-bond donors (Lipinski definition) is 1. The zero-order chi connectivity index (χ0) is 10.1. The summed E-state index contributed by atoms with van der Waals surface area (Å²) in [6, 6.07) is -0.215. The fraction of sp³-hybridized carbons (Fsp3) is 0.857. The highest BCUT2D eigenvalue weighted by molar-refractivity contribution is 7.86. The van der Waals surface area contributed by atoms with Gasteiger partial charge < -0.3 is 0 Å². The Morgan fingerprint density at radius 3 is 2.69 bits per heavy atom. The zero-order valence-corrected chi connectivity index (χ0v) is 8.38. The molecular weight excluding hydrogens is 192 g/mol. The van der Waals surface area contributed by atoms with Crippen LogP contribution in [0.1, 0.15) is 26.2 Å². The first-order chi connectivity index (χ1) is 5.91. The van der Waals surface area contributed by atoms with E-state index in [1.807, 2.05) is 0 Å². The number of hydrogen-bond acceptors (Lipinski definition) is 3. The van der Waals surface area contributed by atoms with E-state index in [9.17, 15) is 13.2 Å². The maximum absolute atomic E-state index is 11.0. The van der Waals surface area contributed by atoms with Crippen LogP contribution in [0.2, 0.25) is 0 Å². The highest BCUT2D eigenvalue weighted by atomic mass is 32.2. The van der Waals surface area contributed by atoms with Gasteiger partial charge in [-0.25, -0.2) is 5.14 Å². The Bertz CT molecular complexity index is 299. The molecule has 6 heteroatoms. The van der Waals surface area contributed by atoms with E-state index in [0.717, 1.165) is 12.8 Å². The molecule has 0 aromatic carbocycles. The third-order valence-corrected chi connectivity index (χ3v) is 3.31. The minimum absolute atomic E-state index is 0.000509. The molecule has 1 rings (SSSR count). The first kappa shape index (κ1) is 10.6. The van der Waals surface area contributed by atoms with E-state index < -0.39 is 10.2 Å². The zero-order valence-electron chi connectivity index (χ0n) is 7.56. The molecule has 5 nitrogen and oxygen atoms in total. The average molecular weight is 206 g/mol. The monoisotopic (exact) mass is 206 g/mol. The number of nitrogens with zero attached hydrogens (tertiary/aromatic N) is 1. The number of ketones is 1. The van der Waals surface area contributed by atoms with Crippen molar-refractivity contribution >= 4 is 16.0 Å². The molecule has 1 unspecified atom stereocenters. The quantitative estimate of drug-likeness (QED) is 0.684. The van der Waals surface area contributed by atoms with Crippen LogP contribution in [0.15, 0.2) is 0 Å². The van der Waals surface area contributed by atoms with Gasteiger partial charge in [0.05, 0.1) is 0 Å². The van der Waals surface area contributed by atoms with Gasteiger partial charge >= 0.3 is 0 Å². The van der Waals surface area contributed by atoms with Gasteiger partial charge in [-0.1, -0.05) is 0 Å². The molecule has 0 spiro atoms. The number of Topliss-reactive ketones (excluding diaryl/α,β-unsaturated/α-hetero) is 1. The Hall–Kier alpha value is -0.460. The van der Waals surface area contributed by atoms with Crippen LogP contribution in [-0.4, -0.2) is 31.1 Å². The lowest BCUT2D eigenvalue weighted by Crippen LogP contribution is -2.40. The summed E-state index contributed by atoms with van der Waals surface area (Å²) >= 11 is 0. The Morgan fingerprint density at radius 1 is 1.62 bits per heavy atom. The van der Waals surface area contributed by atoms with Gasteiger partial charge in [0.2, 0.25) is 0 Å². The van der Waals surface area contributed by atoms with Gasteiger partial charge in [0.15, 0.2) is 0 Å². The normalized spacial score (nSPS) is 24.9. The third-order valence-electron chi connectivity index (χ3n) is 2.17. The lowest BCUT2D eigenvalue weighted by molar-refractivity contribution is -0.117. The van der Waals surface area contributed by atoms with E-state index in [-0.39, 0.29) is 18.2 Å². The summed E-state index contributed by atoms with van der Waals surface area (Å²) in [5.41, 5.74) is 0. The standard InChI is InChI=1S/C7H14N2O3S/c1-6(10)5-7-3-2-4-9(7)13(8,11)12/h7H,2-5H2,1H3,(H2,8,11,12). The molecule has 1 saturated heterocycles. The molecular formula is C7H14N2O3S. The summed E-state index contributed by atoms with van der Waals surface area (Å²) in [4.78, 5) is 10.8. The van der Waals surface area contributed by atoms with E-state index in [0.29, 0.717) is 6.54 Å². The molecule has 1 aliphatic heterocycles. The highest BCUT2D eigenvalue weighted by Crippen LogP contribution is 2.21. The minimum atomic E-state index is -3.62. The Morgan fingerprint density at radius 2 is 2.23 bits per heavy atom. The molecule has 0 aromatic rings. The molecule has 0 radical (unpaired) electrons. The van der Waals surface area contributed by atoms with Crippen molar-refractivity contribution in [3.05, 3.63) is 0 Å². The maximum Gasteiger partial charge on any atom is 0.277 e. The molecule has 13 heavy (non-hydrogen) atoms. The second kappa shape index (κ2) is 3.73. The lowest BCUT2D eigenvalue weighted by atomic mass is 10.1. The fourth-order valence-electron chi connectivity index (χ4n) is 1.68. The highest BCUT2D eigenvalue weighted by Gasteiger charge is 2.32. The summed E-state index contributed by atoms with van der Waals surface area (Å²) in [5, 5.41) is 4.99. The van der Waals surface area contributed by atoms with Crippen molar-refractivity contribution in [1.82, 2.24) is 4.31 Å². The molecule has 1 heterocycles. The van der Waals surface area contributed by atoms with Gasteiger partial charge in [0.25, 0.3) is 10.2 Å². The molecule has 1 aliphatic rings. The smallest absolute Gasteiger partial charge is 0.277 e. The summed E-state index contributed by atoms with van der Waals surface area (Å²) in [6.07, 6.45) is 1.79. The minimum Gasteiger partial charge on any atom is -0.300 e. The molecule has 0 bridgehead atoms. The molecule has 2 N–H and O–H groups in total. The van der Waals surface area contributed by atoms with Crippen LogP contribution in [0.5, 0.6) is 0 Å². The van der Waals surface area contributed by atoms with Crippen molar-refractivity contribution in [2.75, 3.05) is 6.54 Å². The Balaban J connectivity index is 2.70. The molecule has 0 amide bonds. The molecule has 1 atom stereocenters. The predicted molar refractivity (Wildman–Crippen MR) is 48.1 cm³/mol. The number of carbonyl (C=O) groups excluding carboxylic acids is 1. The van der Waals surface area contributed by atoms with Gasteiger partial charge in [-0.05, 0) is 19.8 Å². The predicted octanol–water partition coefficient (Wildman–Crippen LogP) is -0.367. The van der Waals surface area contributed by atoms with Crippen molar-refractivity contribution in [3.63, 3.8) is 0 Å². The van der Waals surface area contributed by atoms with Crippen LogP contribution < -0.4 is 5.14 Å². The van der Waals surface area contributed by atoms with Crippen molar-refractivity contribution in [2.45, 2.75) is 32.2 Å². The fourth-order valence-corrected chi connectivity index (χ4v) is 2.66. The van der Waals surface area contributed by atoms with Gasteiger partial charge in [-0.3, -0.25) is 4.79 Å². The Labute approximate surface area is 78.1 Å². The summed E-state index contributed by atoms with van der Waals surface area (Å²) < 4.78 is 23.3. The van der Waals surface area contributed by atoms with E-state index in [1.165, 1.54) is 11.2 Å². The van der Waals surface area contributed by atoms with E-state index in [2.05, 4.69) is 0 Å². The summed E-state index contributed by atoms with van der Waals surface area (Å²) in [5.74, 6) is 0.000509. The van der Waals surface area contributed by atoms with Crippen LogP contribution in [0.25, 0.3) is 0 Å². The number of carbonyl (C=O) groups is 1. The molecule has 1 fully saturated rings. The maximum atomic E-state index is 11.0. The Kier molecular flexibility index (Phi) is 3.05.